The molecule has 2 aromatic rings. The summed E-state index contributed by atoms with van der Waals surface area (Å²) >= 11 is 0. The Hall–Kier alpha value is -3.35. The number of esters is 1. The Kier molecular flexibility index (Phi) is 4.73. The van der Waals surface area contributed by atoms with Gasteiger partial charge < -0.3 is 19.7 Å². The van der Waals surface area contributed by atoms with E-state index in [1.165, 1.54) is 7.11 Å². The molecule has 4 rings (SSSR count). The molecule has 1 N–H and O–H groups in total. The van der Waals surface area contributed by atoms with E-state index in [1.807, 2.05) is 17.0 Å². The number of methoxy groups -OCH3 is 1. The summed E-state index contributed by atoms with van der Waals surface area (Å²) in [4.78, 5) is 37.9. The summed E-state index contributed by atoms with van der Waals surface area (Å²) < 4.78 is 10.1. The average Bonchev–Trinajstić information content (AvgIpc) is 3.56. The van der Waals surface area contributed by atoms with Gasteiger partial charge in [0.05, 0.1) is 18.4 Å². The van der Waals surface area contributed by atoms with Gasteiger partial charge in [0.1, 0.15) is 5.75 Å². The summed E-state index contributed by atoms with van der Waals surface area (Å²) in [5.74, 6) is -0.170. The second-order valence-electron chi connectivity index (χ2n) is 6.90. The van der Waals surface area contributed by atoms with Crippen molar-refractivity contribution in [2.75, 3.05) is 19.0 Å². The lowest BCUT2D eigenvalue weighted by Gasteiger charge is -2.24. The molecule has 1 heterocycles. The standard InChI is InChI=1S/C21H20N2O5/c1-27-21(26)14-4-2-13(3-5-14)11-23(16-7-8-16)20(25)15-6-9-17-18(10-15)28-12-19(24)22-17/h2-6,9-10,16H,7-8,11-12H2,1H3,(H,22,24). The molecule has 0 spiro atoms. The SMILES string of the molecule is COC(=O)c1ccc(CN(C(=O)c2ccc3c(c2)OCC(=O)N3)C2CC2)cc1. The third-order valence-corrected chi connectivity index (χ3v) is 4.84. The molecular formula is C21H20N2O5. The minimum absolute atomic E-state index is 0.0521. The van der Waals surface area contributed by atoms with Gasteiger partial charge in [-0.15, -0.1) is 0 Å². The van der Waals surface area contributed by atoms with Crippen molar-refractivity contribution in [2.45, 2.75) is 25.4 Å². The quantitative estimate of drug-likeness (QED) is 0.806. The third kappa shape index (κ3) is 3.69. The van der Waals surface area contributed by atoms with Crippen molar-refractivity contribution < 1.29 is 23.9 Å². The van der Waals surface area contributed by atoms with Gasteiger partial charge in [0.25, 0.3) is 11.8 Å². The number of nitrogens with zero attached hydrogens (tertiary/aromatic N) is 1. The Balaban J connectivity index is 1.53. The topological polar surface area (TPSA) is 84.9 Å². The second kappa shape index (κ2) is 7.34. The molecule has 0 bridgehead atoms. The first kappa shape index (κ1) is 18.0. The van der Waals surface area contributed by atoms with Gasteiger partial charge in [0, 0.05) is 18.2 Å². The van der Waals surface area contributed by atoms with E-state index in [0.29, 0.717) is 29.1 Å². The molecule has 0 atom stereocenters. The van der Waals surface area contributed by atoms with E-state index < -0.39 is 0 Å². The van der Waals surface area contributed by atoms with Crippen LogP contribution in [0.3, 0.4) is 0 Å². The first-order valence-electron chi connectivity index (χ1n) is 9.10. The van der Waals surface area contributed by atoms with Gasteiger partial charge in [-0.05, 0) is 48.7 Å². The number of hydrogen-bond donors (Lipinski definition) is 1. The first-order valence-corrected chi connectivity index (χ1v) is 9.10. The Bertz CT molecular complexity index is 934. The van der Waals surface area contributed by atoms with Crippen LogP contribution in [0.2, 0.25) is 0 Å². The van der Waals surface area contributed by atoms with Crippen LogP contribution in [0.25, 0.3) is 0 Å². The molecule has 2 aromatic carbocycles. The van der Waals surface area contributed by atoms with E-state index in [9.17, 15) is 14.4 Å². The van der Waals surface area contributed by atoms with Crippen LogP contribution in [-0.2, 0) is 16.1 Å². The summed E-state index contributed by atoms with van der Waals surface area (Å²) in [6, 6.07) is 12.3. The number of carbonyl (C=O) groups is 3. The monoisotopic (exact) mass is 380 g/mol. The highest BCUT2D eigenvalue weighted by Gasteiger charge is 2.33. The van der Waals surface area contributed by atoms with Crippen molar-refractivity contribution in [2.24, 2.45) is 0 Å². The molecule has 0 aromatic heterocycles. The summed E-state index contributed by atoms with van der Waals surface area (Å²) in [5, 5.41) is 2.72. The molecule has 1 fully saturated rings. The summed E-state index contributed by atoms with van der Waals surface area (Å²) in [6.07, 6.45) is 1.95. The maximum absolute atomic E-state index is 13.1. The average molecular weight is 380 g/mol. The van der Waals surface area contributed by atoms with Gasteiger partial charge in [-0.2, -0.15) is 0 Å². The van der Waals surface area contributed by atoms with Crippen LogP contribution in [0.1, 0.15) is 39.1 Å². The fourth-order valence-electron chi connectivity index (χ4n) is 3.19. The largest absolute Gasteiger partial charge is 0.482 e. The minimum atomic E-state index is -0.386. The zero-order valence-corrected chi connectivity index (χ0v) is 15.4. The van der Waals surface area contributed by atoms with E-state index >= 15 is 0 Å². The number of hydrogen-bond acceptors (Lipinski definition) is 5. The number of fused-ring (bicyclic) bond motifs is 1. The number of carbonyl (C=O) groups excluding carboxylic acids is 3. The lowest BCUT2D eigenvalue weighted by atomic mass is 10.1. The Labute approximate surface area is 162 Å². The first-order chi connectivity index (χ1) is 13.5. The number of anilines is 1. The Morgan fingerprint density at radius 1 is 1.14 bits per heavy atom. The number of amides is 2. The van der Waals surface area contributed by atoms with E-state index in [-0.39, 0.29) is 30.4 Å². The summed E-state index contributed by atoms with van der Waals surface area (Å²) in [6.45, 7) is 0.406. The third-order valence-electron chi connectivity index (χ3n) is 4.84. The fraction of sp³-hybridized carbons (Fsp3) is 0.286. The van der Waals surface area contributed by atoms with Crippen LogP contribution in [0.5, 0.6) is 5.75 Å². The highest BCUT2D eigenvalue weighted by Crippen LogP contribution is 2.33. The van der Waals surface area contributed by atoms with Gasteiger partial charge in [0.2, 0.25) is 0 Å². The van der Waals surface area contributed by atoms with Crippen molar-refractivity contribution >= 4 is 23.5 Å². The van der Waals surface area contributed by atoms with E-state index in [2.05, 4.69) is 5.32 Å². The van der Waals surface area contributed by atoms with Crippen LogP contribution < -0.4 is 10.1 Å². The Morgan fingerprint density at radius 2 is 1.86 bits per heavy atom. The maximum Gasteiger partial charge on any atom is 0.337 e. The van der Waals surface area contributed by atoms with E-state index in [4.69, 9.17) is 9.47 Å². The van der Waals surface area contributed by atoms with Crippen LogP contribution in [-0.4, -0.2) is 42.4 Å². The molecule has 1 saturated carbocycles. The predicted octanol–water partition coefficient (Wildman–Crippen LogP) is 2.61. The van der Waals surface area contributed by atoms with Crippen LogP contribution >= 0.6 is 0 Å². The van der Waals surface area contributed by atoms with Crippen molar-refractivity contribution in [3.05, 3.63) is 59.2 Å². The molecule has 1 aliphatic heterocycles. The van der Waals surface area contributed by atoms with Gasteiger partial charge in [0.15, 0.2) is 6.61 Å². The van der Waals surface area contributed by atoms with E-state index in [0.717, 1.165) is 18.4 Å². The van der Waals surface area contributed by atoms with Crippen molar-refractivity contribution in [1.82, 2.24) is 4.90 Å². The highest BCUT2D eigenvalue weighted by atomic mass is 16.5. The van der Waals surface area contributed by atoms with Crippen molar-refractivity contribution in [3.63, 3.8) is 0 Å². The Morgan fingerprint density at radius 3 is 2.54 bits per heavy atom. The molecule has 0 saturated heterocycles. The minimum Gasteiger partial charge on any atom is -0.482 e. The summed E-state index contributed by atoms with van der Waals surface area (Å²) in [7, 11) is 1.34. The van der Waals surface area contributed by atoms with Gasteiger partial charge >= 0.3 is 5.97 Å². The van der Waals surface area contributed by atoms with Crippen molar-refractivity contribution in [3.8, 4) is 5.75 Å². The molecule has 0 radical (unpaired) electrons. The summed E-state index contributed by atoms with van der Waals surface area (Å²) in [5.41, 5.74) is 2.51. The van der Waals surface area contributed by atoms with Crippen LogP contribution in [0, 0.1) is 0 Å². The highest BCUT2D eigenvalue weighted by molar-refractivity contribution is 5.99. The zero-order valence-electron chi connectivity index (χ0n) is 15.4. The van der Waals surface area contributed by atoms with Crippen LogP contribution in [0.4, 0.5) is 5.69 Å². The number of ether oxygens (including phenoxy) is 2. The molecule has 2 aliphatic rings. The second-order valence-corrected chi connectivity index (χ2v) is 6.90. The lowest BCUT2D eigenvalue weighted by Crippen LogP contribution is -2.33. The van der Waals surface area contributed by atoms with E-state index in [1.54, 1.807) is 30.3 Å². The van der Waals surface area contributed by atoms with Crippen molar-refractivity contribution in [1.29, 1.82) is 0 Å². The normalized spacial score (nSPS) is 15.1. The molecule has 144 valence electrons. The molecule has 2 amide bonds. The number of benzene rings is 2. The molecule has 1 aliphatic carbocycles. The lowest BCUT2D eigenvalue weighted by molar-refractivity contribution is -0.118. The zero-order chi connectivity index (χ0) is 19.7. The molecule has 7 nitrogen and oxygen atoms in total. The smallest absolute Gasteiger partial charge is 0.337 e. The maximum atomic E-state index is 13.1. The predicted molar refractivity (Wildman–Crippen MR) is 101 cm³/mol. The number of rotatable bonds is 5. The number of nitrogens with one attached hydrogen (secondary N) is 1. The molecule has 28 heavy (non-hydrogen) atoms. The molecule has 7 heteroatoms. The molecule has 0 unspecified atom stereocenters. The van der Waals surface area contributed by atoms with Gasteiger partial charge in [-0.1, -0.05) is 12.1 Å². The van der Waals surface area contributed by atoms with Gasteiger partial charge in [-0.3, -0.25) is 9.59 Å². The molecular weight excluding hydrogens is 360 g/mol. The fourth-order valence-corrected chi connectivity index (χ4v) is 3.19. The van der Waals surface area contributed by atoms with Gasteiger partial charge in [-0.25, -0.2) is 4.79 Å². The van der Waals surface area contributed by atoms with Crippen LogP contribution in [0.15, 0.2) is 42.5 Å².